The van der Waals surface area contributed by atoms with Crippen LogP contribution in [-0.2, 0) is 66.4 Å². The summed E-state index contributed by atoms with van der Waals surface area (Å²) >= 11 is 0. The van der Waals surface area contributed by atoms with Crippen molar-refractivity contribution in [2.75, 3.05) is 166 Å². The van der Waals surface area contributed by atoms with Gasteiger partial charge in [-0.2, -0.15) is 0 Å². The summed E-state index contributed by atoms with van der Waals surface area (Å²) in [4.78, 5) is 11.4. The average molecular weight is 659 g/mol. The molecule has 0 aromatic carbocycles. The minimum atomic E-state index is -0.160. The summed E-state index contributed by atoms with van der Waals surface area (Å²) in [7, 11) is 1.64. The van der Waals surface area contributed by atoms with Crippen LogP contribution in [0.1, 0.15) is 32.6 Å². The van der Waals surface area contributed by atoms with Crippen molar-refractivity contribution < 1.29 is 66.4 Å². The Morgan fingerprint density at radius 1 is 0.356 bits per heavy atom. The zero-order valence-corrected chi connectivity index (χ0v) is 28.0. The summed E-state index contributed by atoms with van der Waals surface area (Å²) in [5.74, 6) is -0.160. The number of ether oxygens (including phenoxy) is 13. The second kappa shape index (κ2) is 41.0. The van der Waals surface area contributed by atoms with Crippen LogP contribution in [0.5, 0.6) is 0 Å². The fourth-order valence-corrected chi connectivity index (χ4v) is 3.25. The van der Waals surface area contributed by atoms with Crippen LogP contribution < -0.4 is 0 Å². The third-order valence-electron chi connectivity index (χ3n) is 5.63. The smallest absolute Gasteiger partial charge is 0.305 e. The highest BCUT2D eigenvalue weighted by molar-refractivity contribution is 5.69. The molecule has 0 aromatic heterocycles. The largest absolute Gasteiger partial charge is 0.463 e. The average Bonchev–Trinajstić information content (AvgIpc) is 3.04. The monoisotopic (exact) mass is 658 g/mol. The summed E-state index contributed by atoms with van der Waals surface area (Å²) in [5.41, 5.74) is 0. The lowest BCUT2D eigenvalue weighted by Gasteiger charge is -2.09. The maximum atomic E-state index is 11.4. The van der Waals surface area contributed by atoms with Gasteiger partial charge in [0.15, 0.2) is 0 Å². The van der Waals surface area contributed by atoms with Crippen LogP contribution in [0, 0.1) is 0 Å². The van der Waals surface area contributed by atoms with Crippen LogP contribution >= 0.6 is 0 Å². The highest BCUT2D eigenvalue weighted by atomic mass is 16.6. The number of unbranched alkanes of at least 4 members (excludes halogenated alkanes) is 2. The first-order valence-electron chi connectivity index (χ1n) is 16.3. The van der Waals surface area contributed by atoms with Crippen molar-refractivity contribution >= 4 is 5.97 Å². The van der Waals surface area contributed by atoms with E-state index in [0.29, 0.717) is 158 Å². The molecule has 0 heterocycles. The molecule has 0 fully saturated rings. The Kier molecular flexibility index (Phi) is 40.1. The number of methoxy groups -OCH3 is 1. The summed E-state index contributed by atoms with van der Waals surface area (Å²) in [5, 5.41) is 0. The van der Waals surface area contributed by atoms with Gasteiger partial charge in [0.2, 0.25) is 0 Å². The molecule has 0 aromatic rings. The molecule has 0 unspecified atom stereocenters. The summed E-state index contributed by atoms with van der Waals surface area (Å²) in [6.07, 6.45) is 3.49. The van der Waals surface area contributed by atoms with E-state index in [0.717, 1.165) is 19.3 Å². The van der Waals surface area contributed by atoms with Crippen LogP contribution in [0.4, 0.5) is 0 Å². The minimum Gasteiger partial charge on any atom is -0.463 e. The first-order chi connectivity index (χ1) is 22.3. The minimum absolute atomic E-state index is 0.160. The van der Waals surface area contributed by atoms with Crippen LogP contribution in [-0.4, -0.2) is 172 Å². The van der Waals surface area contributed by atoms with E-state index in [-0.39, 0.29) is 12.6 Å². The zero-order chi connectivity index (χ0) is 32.6. The van der Waals surface area contributed by atoms with Gasteiger partial charge in [-0.1, -0.05) is 19.8 Å². The molecule has 0 saturated heterocycles. The first kappa shape index (κ1) is 44.0. The van der Waals surface area contributed by atoms with E-state index in [4.69, 9.17) is 61.6 Å². The molecule has 0 N–H and O–H groups in total. The molecule has 0 radical (unpaired) electrons. The predicted octanol–water partition coefficient (Wildman–Crippen LogP) is 1.94. The van der Waals surface area contributed by atoms with Gasteiger partial charge in [0.1, 0.15) is 6.61 Å². The van der Waals surface area contributed by atoms with Gasteiger partial charge in [0, 0.05) is 13.5 Å². The second-order valence-electron chi connectivity index (χ2n) is 9.41. The van der Waals surface area contributed by atoms with Gasteiger partial charge in [-0.25, -0.2) is 0 Å². The van der Waals surface area contributed by atoms with E-state index in [1.165, 1.54) is 0 Å². The lowest BCUT2D eigenvalue weighted by Crippen LogP contribution is -2.15. The van der Waals surface area contributed by atoms with Gasteiger partial charge >= 0.3 is 5.97 Å². The molecule has 0 bridgehead atoms. The number of hydrogen-bond donors (Lipinski definition) is 0. The fourth-order valence-electron chi connectivity index (χ4n) is 3.25. The molecule has 14 nitrogen and oxygen atoms in total. The van der Waals surface area contributed by atoms with Crippen LogP contribution in [0.15, 0.2) is 0 Å². The zero-order valence-electron chi connectivity index (χ0n) is 28.0. The van der Waals surface area contributed by atoms with Gasteiger partial charge in [-0.3, -0.25) is 4.79 Å². The topological polar surface area (TPSA) is 137 Å². The number of carbonyl (C=O) groups excluding carboxylic acids is 1. The van der Waals surface area contributed by atoms with Crippen molar-refractivity contribution in [1.29, 1.82) is 0 Å². The molecule has 0 aliphatic heterocycles. The molecule has 0 aliphatic carbocycles. The Labute approximate surface area is 270 Å². The quantitative estimate of drug-likeness (QED) is 0.0700. The molecule has 0 rings (SSSR count). The normalized spacial score (nSPS) is 11.4. The lowest BCUT2D eigenvalue weighted by atomic mass is 10.2. The Hall–Kier alpha value is -1.01. The number of hydrogen-bond acceptors (Lipinski definition) is 14. The highest BCUT2D eigenvalue weighted by Gasteiger charge is 2.02. The molecule has 0 amide bonds. The SMILES string of the molecule is CCCCCC(=O)OCCOCCOCCOCCOCCOCCOCCOCCOCCOCCOCCOCCOC. The third kappa shape index (κ3) is 41.0. The van der Waals surface area contributed by atoms with Crippen LogP contribution in [0.2, 0.25) is 0 Å². The fraction of sp³-hybridized carbons (Fsp3) is 0.968. The highest BCUT2D eigenvalue weighted by Crippen LogP contribution is 2.00. The van der Waals surface area contributed by atoms with Crippen LogP contribution in [0.25, 0.3) is 0 Å². The number of esters is 1. The summed E-state index contributed by atoms with van der Waals surface area (Å²) in [6, 6.07) is 0. The van der Waals surface area contributed by atoms with E-state index < -0.39 is 0 Å². The van der Waals surface area contributed by atoms with E-state index in [2.05, 4.69) is 6.92 Å². The van der Waals surface area contributed by atoms with E-state index >= 15 is 0 Å². The maximum absolute atomic E-state index is 11.4. The molecule has 45 heavy (non-hydrogen) atoms. The number of carbonyl (C=O) groups is 1. The van der Waals surface area contributed by atoms with Crippen molar-refractivity contribution in [3.8, 4) is 0 Å². The molecule has 14 heteroatoms. The van der Waals surface area contributed by atoms with Gasteiger partial charge in [0.25, 0.3) is 0 Å². The molecule has 270 valence electrons. The lowest BCUT2D eigenvalue weighted by molar-refractivity contribution is -0.145. The van der Waals surface area contributed by atoms with E-state index in [1.807, 2.05) is 0 Å². The molecular formula is C31H62O14. The second-order valence-corrected chi connectivity index (χ2v) is 9.41. The van der Waals surface area contributed by atoms with Gasteiger partial charge in [-0.15, -0.1) is 0 Å². The van der Waals surface area contributed by atoms with Gasteiger partial charge in [-0.05, 0) is 6.42 Å². The third-order valence-corrected chi connectivity index (χ3v) is 5.63. The standard InChI is InChI=1S/C31H62O14/c1-3-4-5-6-31(32)45-30-29-44-28-27-43-26-25-42-24-23-41-22-21-40-20-19-39-18-17-38-16-15-37-14-13-36-12-11-35-10-9-34-8-7-33-2/h3-30H2,1-2H3. The first-order valence-corrected chi connectivity index (χ1v) is 16.3. The van der Waals surface area contributed by atoms with Gasteiger partial charge < -0.3 is 61.6 Å². The Balaban J connectivity index is 3.07. The van der Waals surface area contributed by atoms with Crippen molar-refractivity contribution in [3.05, 3.63) is 0 Å². The van der Waals surface area contributed by atoms with Crippen molar-refractivity contribution in [2.24, 2.45) is 0 Å². The predicted molar refractivity (Wildman–Crippen MR) is 166 cm³/mol. The van der Waals surface area contributed by atoms with Crippen molar-refractivity contribution in [1.82, 2.24) is 0 Å². The molecule has 0 atom stereocenters. The Morgan fingerprint density at radius 2 is 0.600 bits per heavy atom. The van der Waals surface area contributed by atoms with Crippen molar-refractivity contribution in [3.63, 3.8) is 0 Å². The Bertz CT molecular complexity index is 558. The Morgan fingerprint density at radius 3 is 0.844 bits per heavy atom. The summed E-state index contributed by atoms with van der Waals surface area (Å²) in [6.45, 7) is 14.0. The summed E-state index contributed by atoms with van der Waals surface area (Å²) < 4.78 is 69.7. The van der Waals surface area contributed by atoms with E-state index in [1.54, 1.807) is 7.11 Å². The van der Waals surface area contributed by atoms with E-state index in [9.17, 15) is 4.79 Å². The number of rotatable bonds is 40. The molecule has 0 saturated carbocycles. The maximum Gasteiger partial charge on any atom is 0.305 e. The molecular weight excluding hydrogens is 596 g/mol. The molecule has 0 aliphatic rings. The van der Waals surface area contributed by atoms with Crippen molar-refractivity contribution in [2.45, 2.75) is 32.6 Å². The van der Waals surface area contributed by atoms with Crippen LogP contribution in [0.3, 0.4) is 0 Å². The van der Waals surface area contributed by atoms with Gasteiger partial charge in [0.05, 0.1) is 152 Å². The molecule has 0 spiro atoms.